The zero-order valence-corrected chi connectivity index (χ0v) is 11.0. The summed E-state index contributed by atoms with van der Waals surface area (Å²) in [6, 6.07) is 7.77. The van der Waals surface area contributed by atoms with Gasteiger partial charge in [0.15, 0.2) is 0 Å². The van der Waals surface area contributed by atoms with Gasteiger partial charge in [-0.25, -0.2) is 5.43 Å². The molecule has 2 atom stereocenters. The number of nitrogens with one attached hydrogen (secondary N) is 2. The van der Waals surface area contributed by atoms with Gasteiger partial charge in [0.05, 0.1) is 5.56 Å². The highest BCUT2D eigenvalue weighted by Gasteiger charge is 2.38. The van der Waals surface area contributed by atoms with Crippen LogP contribution >= 0.6 is 0 Å². The Morgan fingerprint density at radius 1 is 1.35 bits per heavy atom. The molecule has 100 valence electrons. The van der Waals surface area contributed by atoms with Crippen molar-refractivity contribution in [3.05, 3.63) is 48.2 Å². The van der Waals surface area contributed by atoms with Gasteiger partial charge in [-0.15, -0.1) is 0 Å². The predicted molar refractivity (Wildman–Crippen MR) is 78.6 cm³/mol. The quantitative estimate of drug-likeness (QED) is 0.636. The number of aromatic nitrogens is 1. The van der Waals surface area contributed by atoms with E-state index in [1.807, 2.05) is 24.3 Å². The number of benzene rings is 1. The maximum atomic E-state index is 12.2. The molecular formula is C16H15N3O. The van der Waals surface area contributed by atoms with E-state index in [0.29, 0.717) is 17.4 Å². The van der Waals surface area contributed by atoms with Crippen molar-refractivity contribution in [3.8, 4) is 0 Å². The number of rotatable bonds is 2. The second kappa shape index (κ2) is 4.34. The van der Waals surface area contributed by atoms with Crippen molar-refractivity contribution in [1.29, 1.82) is 0 Å². The molecule has 1 amide bonds. The van der Waals surface area contributed by atoms with Gasteiger partial charge in [0.2, 0.25) is 0 Å². The average molecular weight is 265 g/mol. The number of H-pyrrole nitrogens is 1. The second-order valence-electron chi connectivity index (χ2n) is 5.43. The summed E-state index contributed by atoms with van der Waals surface area (Å²) in [6.07, 6.45) is 8.24. The number of carbonyl (C=O) groups excluding carboxylic acids is 1. The van der Waals surface area contributed by atoms with Gasteiger partial charge < -0.3 is 4.98 Å². The fourth-order valence-corrected chi connectivity index (χ4v) is 3.11. The van der Waals surface area contributed by atoms with Crippen molar-refractivity contribution >= 4 is 22.5 Å². The summed E-state index contributed by atoms with van der Waals surface area (Å²) in [5, 5.41) is 5.23. The Hall–Kier alpha value is -2.36. The van der Waals surface area contributed by atoms with Gasteiger partial charge in [0.25, 0.3) is 5.91 Å². The summed E-state index contributed by atoms with van der Waals surface area (Å²) in [5.74, 6) is 1.03. The molecule has 20 heavy (non-hydrogen) atoms. The first-order chi connectivity index (χ1) is 9.83. The summed E-state index contributed by atoms with van der Waals surface area (Å²) < 4.78 is 0. The summed E-state index contributed by atoms with van der Waals surface area (Å²) in [5.41, 5.74) is 5.42. The Morgan fingerprint density at radius 2 is 2.25 bits per heavy atom. The molecule has 0 unspecified atom stereocenters. The first kappa shape index (κ1) is 11.5. The SMILES string of the molecule is O=C(N/N=C1\C[C@@H]2C=CC[C@H]12)c1c[nH]c2ccccc12. The van der Waals surface area contributed by atoms with E-state index in [2.05, 4.69) is 27.7 Å². The van der Waals surface area contributed by atoms with Crippen LogP contribution in [0.4, 0.5) is 0 Å². The van der Waals surface area contributed by atoms with Gasteiger partial charge in [0.1, 0.15) is 0 Å². The van der Waals surface area contributed by atoms with Crippen LogP contribution in [-0.4, -0.2) is 16.6 Å². The van der Waals surface area contributed by atoms with Crippen molar-refractivity contribution < 1.29 is 4.79 Å². The Balaban J connectivity index is 1.52. The predicted octanol–water partition coefficient (Wildman–Crippen LogP) is 2.85. The minimum absolute atomic E-state index is 0.149. The van der Waals surface area contributed by atoms with E-state index in [4.69, 9.17) is 0 Å². The molecule has 1 heterocycles. The summed E-state index contributed by atoms with van der Waals surface area (Å²) in [4.78, 5) is 15.3. The normalized spacial score (nSPS) is 25.7. The lowest BCUT2D eigenvalue weighted by atomic mass is 9.74. The van der Waals surface area contributed by atoms with E-state index < -0.39 is 0 Å². The number of fused-ring (bicyclic) bond motifs is 2. The number of hydrogen-bond acceptors (Lipinski definition) is 2. The Morgan fingerprint density at radius 3 is 3.15 bits per heavy atom. The molecule has 1 saturated carbocycles. The Bertz CT molecular complexity index is 741. The number of hydrazone groups is 1. The Kier molecular flexibility index (Phi) is 2.49. The van der Waals surface area contributed by atoms with Crippen LogP contribution in [0.25, 0.3) is 10.9 Å². The van der Waals surface area contributed by atoms with Gasteiger partial charge in [-0.1, -0.05) is 30.4 Å². The monoisotopic (exact) mass is 265 g/mol. The van der Waals surface area contributed by atoms with Crippen molar-refractivity contribution in [2.45, 2.75) is 12.8 Å². The zero-order chi connectivity index (χ0) is 13.5. The molecule has 0 radical (unpaired) electrons. The van der Waals surface area contributed by atoms with Crippen LogP contribution in [0.1, 0.15) is 23.2 Å². The number of allylic oxidation sites excluding steroid dienone is 2. The van der Waals surface area contributed by atoms with Crippen LogP contribution in [-0.2, 0) is 0 Å². The summed E-state index contributed by atoms with van der Waals surface area (Å²) in [6.45, 7) is 0. The van der Waals surface area contributed by atoms with E-state index in [1.54, 1.807) is 6.20 Å². The van der Waals surface area contributed by atoms with E-state index in [-0.39, 0.29) is 5.91 Å². The lowest BCUT2D eigenvalue weighted by Gasteiger charge is -2.31. The molecule has 4 nitrogen and oxygen atoms in total. The number of aromatic amines is 1. The number of amides is 1. The maximum Gasteiger partial charge on any atom is 0.273 e. The molecule has 2 aromatic rings. The highest BCUT2D eigenvalue weighted by atomic mass is 16.2. The third-order valence-electron chi connectivity index (χ3n) is 4.30. The fraction of sp³-hybridized carbons (Fsp3) is 0.250. The molecule has 0 saturated heterocycles. The number of carbonyl (C=O) groups is 1. The first-order valence-electron chi connectivity index (χ1n) is 6.92. The number of para-hydroxylation sites is 1. The van der Waals surface area contributed by atoms with Crippen LogP contribution < -0.4 is 5.43 Å². The lowest BCUT2D eigenvalue weighted by molar-refractivity contribution is 0.0955. The van der Waals surface area contributed by atoms with Crippen LogP contribution in [0, 0.1) is 11.8 Å². The largest absolute Gasteiger partial charge is 0.360 e. The van der Waals surface area contributed by atoms with Gasteiger partial charge in [-0.3, -0.25) is 4.79 Å². The molecule has 4 rings (SSSR count). The molecule has 2 aliphatic rings. The Labute approximate surface area is 116 Å². The number of hydrogen-bond donors (Lipinski definition) is 2. The molecule has 0 aliphatic heterocycles. The maximum absolute atomic E-state index is 12.2. The van der Waals surface area contributed by atoms with Gasteiger partial charge in [0, 0.05) is 28.7 Å². The van der Waals surface area contributed by atoms with E-state index in [9.17, 15) is 4.79 Å². The van der Waals surface area contributed by atoms with Crippen LogP contribution in [0.15, 0.2) is 47.7 Å². The third-order valence-corrected chi connectivity index (χ3v) is 4.30. The molecule has 2 N–H and O–H groups in total. The molecule has 1 fully saturated rings. The molecule has 2 aliphatic carbocycles. The van der Waals surface area contributed by atoms with E-state index in [1.165, 1.54) is 0 Å². The van der Waals surface area contributed by atoms with Crippen molar-refractivity contribution in [2.75, 3.05) is 0 Å². The lowest BCUT2D eigenvalue weighted by Crippen LogP contribution is -2.35. The second-order valence-corrected chi connectivity index (χ2v) is 5.43. The summed E-state index contributed by atoms with van der Waals surface area (Å²) >= 11 is 0. The molecule has 0 bridgehead atoms. The van der Waals surface area contributed by atoms with E-state index in [0.717, 1.165) is 29.5 Å². The summed E-state index contributed by atoms with van der Waals surface area (Å²) in [7, 11) is 0. The standard InChI is InChI=1S/C16H15N3O/c20-16(13-9-17-14-7-2-1-5-12(13)14)19-18-15-8-10-4-3-6-11(10)15/h1-5,7,9-11,17H,6,8H2,(H,19,20)/b18-15+/t10-,11-/m0/s1. The van der Waals surface area contributed by atoms with Crippen LogP contribution in [0.2, 0.25) is 0 Å². The van der Waals surface area contributed by atoms with Crippen molar-refractivity contribution in [1.82, 2.24) is 10.4 Å². The molecule has 1 aromatic carbocycles. The molecule has 0 spiro atoms. The minimum Gasteiger partial charge on any atom is -0.360 e. The van der Waals surface area contributed by atoms with Crippen LogP contribution in [0.3, 0.4) is 0 Å². The molecular weight excluding hydrogens is 250 g/mol. The van der Waals surface area contributed by atoms with Crippen LogP contribution in [0.5, 0.6) is 0 Å². The topological polar surface area (TPSA) is 57.2 Å². The highest BCUT2D eigenvalue weighted by Crippen LogP contribution is 2.40. The van der Waals surface area contributed by atoms with Crippen molar-refractivity contribution in [2.24, 2.45) is 16.9 Å². The smallest absolute Gasteiger partial charge is 0.273 e. The first-order valence-corrected chi connectivity index (χ1v) is 6.92. The third kappa shape index (κ3) is 1.68. The molecule has 4 heteroatoms. The highest BCUT2D eigenvalue weighted by molar-refractivity contribution is 6.07. The fourth-order valence-electron chi connectivity index (χ4n) is 3.11. The average Bonchev–Trinajstić information content (AvgIpc) is 3.03. The van der Waals surface area contributed by atoms with Gasteiger partial charge in [-0.2, -0.15) is 5.10 Å². The van der Waals surface area contributed by atoms with Crippen molar-refractivity contribution in [3.63, 3.8) is 0 Å². The van der Waals surface area contributed by atoms with Gasteiger partial charge in [-0.05, 0) is 24.8 Å². The zero-order valence-electron chi connectivity index (χ0n) is 11.0. The molecule has 1 aromatic heterocycles. The van der Waals surface area contributed by atoms with Gasteiger partial charge >= 0.3 is 0 Å². The van der Waals surface area contributed by atoms with E-state index >= 15 is 0 Å². The number of nitrogens with zero attached hydrogens (tertiary/aromatic N) is 1. The minimum atomic E-state index is -0.149.